The average molecular weight is 456 g/mol. The number of nitrogens with zero attached hydrogens (tertiary/aromatic N) is 2. The first-order valence-electron chi connectivity index (χ1n) is 4.91. The highest BCUT2D eigenvalue weighted by Gasteiger charge is 2.04. The summed E-state index contributed by atoms with van der Waals surface area (Å²) in [6, 6.07) is 3.84. The number of hydrogen-bond donors (Lipinski definition) is 1. The zero-order valence-electron chi connectivity index (χ0n) is 8.92. The van der Waals surface area contributed by atoms with Crippen molar-refractivity contribution in [3.05, 3.63) is 48.8 Å². The zero-order chi connectivity index (χ0) is 13.1. The molecule has 0 aromatic carbocycles. The predicted molar refractivity (Wildman–Crippen MR) is 83.9 cm³/mol. The molecule has 0 aliphatic heterocycles. The molecule has 0 radical (unpaired) electrons. The van der Waals surface area contributed by atoms with Crippen molar-refractivity contribution >= 4 is 65.1 Å². The first-order chi connectivity index (χ1) is 8.56. The van der Waals surface area contributed by atoms with Crippen LogP contribution >= 0.6 is 59.4 Å². The van der Waals surface area contributed by atoms with Gasteiger partial charge in [0.05, 0.1) is 28.6 Å². The van der Waals surface area contributed by atoms with E-state index >= 15 is 0 Å². The maximum atomic E-state index is 5.83. The lowest BCUT2D eigenvalue weighted by Gasteiger charge is -2.08. The summed E-state index contributed by atoms with van der Waals surface area (Å²) in [4.78, 5) is 8.36. The second-order valence-electron chi connectivity index (χ2n) is 3.43. The molecule has 2 rings (SSSR count). The van der Waals surface area contributed by atoms with E-state index in [4.69, 9.17) is 11.6 Å². The van der Waals surface area contributed by atoms with E-state index in [-0.39, 0.29) is 0 Å². The van der Waals surface area contributed by atoms with Crippen LogP contribution in [0.1, 0.15) is 5.69 Å². The van der Waals surface area contributed by atoms with Crippen LogP contribution in [-0.2, 0) is 6.54 Å². The number of aromatic nitrogens is 2. The Balaban J connectivity index is 2.09. The fraction of sp³-hybridized carbons (Fsp3) is 0.0909. The second-order valence-corrected chi connectivity index (χ2v) is 6.41. The minimum atomic E-state index is 0.448. The van der Waals surface area contributed by atoms with Crippen LogP contribution in [0.15, 0.2) is 37.9 Å². The van der Waals surface area contributed by atoms with Crippen LogP contribution in [0, 0.1) is 0 Å². The number of hydrogen-bond acceptors (Lipinski definition) is 3. The van der Waals surface area contributed by atoms with Crippen LogP contribution in [0.4, 0.5) is 5.69 Å². The summed E-state index contributed by atoms with van der Waals surface area (Å²) in [5, 5.41) is 3.68. The lowest BCUT2D eigenvalue weighted by atomic mass is 10.3. The molecule has 2 heterocycles. The highest BCUT2D eigenvalue weighted by molar-refractivity contribution is 9.11. The largest absolute Gasteiger partial charge is 0.378 e. The van der Waals surface area contributed by atoms with Gasteiger partial charge in [0.1, 0.15) is 5.15 Å². The molecule has 0 bridgehead atoms. The molecular weight excluding hydrogens is 449 g/mol. The molecule has 0 saturated carbocycles. The van der Waals surface area contributed by atoms with Crippen LogP contribution in [0.5, 0.6) is 0 Å². The van der Waals surface area contributed by atoms with Crippen molar-refractivity contribution in [1.29, 1.82) is 0 Å². The topological polar surface area (TPSA) is 37.8 Å². The lowest BCUT2D eigenvalue weighted by molar-refractivity contribution is 1.02. The number of nitrogens with one attached hydrogen (secondary N) is 1. The second kappa shape index (κ2) is 6.32. The highest BCUT2D eigenvalue weighted by atomic mass is 79.9. The van der Waals surface area contributed by atoms with Crippen LogP contribution in [0.2, 0.25) is 5.15 Å². The maximum Gasteiger partial charge on any atom is 0.143 e. The van der Waals surface area contributed by atoms with Crippen LogP contribution in [0.25, 0.3) is 0 Å². The molecule has 2 aromatic heterocycles. The molecule has 0 spiro atoms. The van der Waals surface area contributed by atoms with Crippen LogP contribution < -0.4 is 5.32 Å². The summed E-state index contributed by atoms with van der Waals surface area (Å²) in [5.74, 6) is 0. The minimum Gasteiger partial charge on any atom is -0.378 e. The van der Waals surface area contributed by atoms with Crippen molar-refractivity contribution in [2.75, 3.05) is 5.32 Å². The van der Waals surface area contributed by atoms with Gasteiger partial charge in [0.15, 0.2) is 0 Å². The molecule has 0 atom stereocenters. The van der Waals surface area contributed by atoms with E-state index in [1.807, 2.05) is 12.1 Å². The highest BCUT2D eigenvalue weighted by Crippen LogP contribution is 2.24. The summed E-state index contributed by atoms with van der Waals surface area (Å²) in [7, 11) is 0. The van der Waals surface area contributed by atoms with E-state index in [9.17, 15) is 0 Å². The van der Waals surface area contributed by atoms with Crippen molar-refractivity contribution in [3.63, 3.8) is 0 Å². The van der Waals surface area contributed by atoms with Crippen molar-refractivity contribution in [1.82, 2.24) is 9.97 Å². The molecule has 0 fully saturated rings. The Morgan fingerprint density at radius 2 is 1.83 bits per heavy atom. The Kier molecular flexibility index (Phi) is 5.00. The summed E-state index contributed by atoms with van der Waals surface area (Å²) < 4.78 is 2.65. The smallest absolute Gasteiger partial charge is 0.143 e. The van der Waals surface area contributed by atoms with E-state index < -0.39 is 0 Å². The predicted octanol–water partition coefficient (Wildman–Crippen LogP) is 5.03. The number of anilines is 1. The van der Waals surface area contributed by atoms with Crippen LogP contribution in [-0.4, -0.2) is 9.97 Å². The lowest BCUT2D eigenvalue weighted by Crippen LogP contribution is -2.03. The fourth-order valence-electron chi connectivity index (χ4n) is 1.28. The van der Waals surface area contributed by atoms with E-state index in [0.29, 0.717) is 11.7 Å². The Hall–Kier alpha value is -0.170. The number of halogens is 4. The molecule has 0 aliphatic carbocycles. The van der Waals surface area contributed by atoms with Gasteiger partial charge in [0, 0.05) is 15.1 Å². The van der Waals surface area contributed by atoms with Gasteiger partial charge in [-0.2, -0.15) is 0 Å². The van der Waals surface area contributed by atoms with E-state index in [0.717, 1.165) is 24.8 Å². The van der Waals surface area contributed by atoms with E-state index in [1.54, 1.807) is 12.4 Å². The Morgan fingerprint density at radius 1 is 1.06 bits per heavy atom. The van der Waals surface area contributed by atoms with Gasteiger partial charge in [-0.3, -0.25) is 4.98 Å². The molecule has 3 nitrogen and oxygen atoms in total. The normalized spacial score (nSPS) is 10.4. The van der Waals surface area contributed by atoms with Gasteiger partial charge in [0.25, 0.3) is 0 Å². The zero-order valence-corrected chi connectivity index (χ0v) is 14.4. The van der Waals surface area contributed by atoms with Gasteiger partial charge in [-0.1, -0.05) is 11.6 Å². The Bertz CT molecular complexity index is 577. The quantitative estimate of drug-likeness (QED) is 0.659. The average Bonchev–Trinajstić information content (AvgIpc) is 2.32. The SMILES string of the molecule is Clc1ncc(NCc2ncc(Br)cc2Br)cc1Br. The Morgan fingerprint density at radius 3 is 2.50 bits per heavy atom. The van der Waals surface area contributed by atoms with E-state index in [1.165, 1.54) is 0 Å². The molecule has 94 valence electrons. The number of pyridine rings is 2. The van der Waals surface area contributed by atoms with Gasteiger partial charge >= 0.3 is 0 Å². The minimum absolute atomic E-state index is 0.448. The third-order valence-corrected chi connectivity index (χ3v) is 4.39. The van der Waals surface area contributed by atoms with Crippen molar-refractivity contribution < 1.29 is 0 Å². The summed E-state index contributed by atoms with van der Waals surface area (Å²) in [6.07, 6.45) is 3.44. The van der Waals surface area contributed by atoms with Gasteiger partial charge in [-0.05, 0) is 59.9 Å². The summed E-state index contributed by atoms with van der Waals surface area (Å²) in [5.41, 5.74) is 1.80. The van der Waals surface area contributed by atoms with Crippen molar-refractivity contribution in [3.8, 4) is 0 Å². The van der Waals surface area contributed by atoms with Crippen molar-refractivity contribution in [2.24, 2.45) is 0 Å². The first-order valence-corrected chi connectivity index (χ1v) is 7.67. The first kappa shape index (κ1) is 14.2. The van der Waals surface area contributed by atoms with Crippen LogP contribution in [0.3, 0.4) is 0 Å². The molecular formula is C11H7Br3ClN3. The van der Waals surface area contributed by atoms with Gasteiger partial charge in [-0.25, -0.2) is 4.98 Å². The fourth-order valence-corrected chi connectivity index (χ4v) is 2.86. The van der Waals surface area contributed by atoms with Gasteiger partial charge in [-0.15, -0.1) is 0 Å². The van der Waals surface area contributed by atoms with Gasteiger partial charge < -0.3 is 5.32 Å². The standard InChI is InChI=1S/C11H7Br3ClN3/c12-6-1-8(13)10(17-3-6)5-16-7-2-9(14)11(15)18-4-7/h1-4,16H,5H2. The van der Waals surface area contributed by atoms with Crippen molar-refractivity contribution in [2.45, 2.75) is 6.54 Å². The molecule has 18 heavy (non-hydrogen) atoms. The molecule has 0 amide bonds. The molecule has 0 aliphatic rings. The van der Waals surface area contributed by atoms with Gasteiger partial charge in [0.2, 0.25) is 0 Å². The summed E-state index contributed by atoms with van der Waals surface area (Å²) in [6.45, 7) is 0.601. The van der Waals surface area contributed by atoms with E-state index in [2.05, 4.69) is 63.1 Å². The summed E-state index contributed by atoms with van der Waals surface area (Å²) >= 11 is 16.0. The molecule has 0 unspecified atom stereocenters. The molecule has 1 N–H and O–H groups in total. The Labute approximate surface area is 135 Å². The third kappa shape index (κ3) is 3.66. The monoisotopic (exact) mass is 453 g/mol. The number of rotatable bonds is 3. The molecule has 0 saturated heterocycles. The molecule has 7 heteroatoms. The third-order valence-electron chi connectivity index (χ3n) is 2.14. The maximum absolute atomic E-state index is 5.83. The molecule has 2 aromatic rings.